The highest BCUT2D eigenvalue weighted by Gasteiger charge is 2.38. The van der Waals surface area contributed by atoms with Crippen LogP contribution in [0.25, 0.3) is 17.0 Å². The highest BCUT2D eigenvalue weighted by molar-refractivity contribution is 7.86. The van der Waals surface area contributed by atoms with E-state index in [0.717, 1.165) is 23.4 Å². The molecule has 3 aromatic rings. The third-order valence-corrected chi connectivity index (χ3v) is 6.83. The molecular formula is C18H20FN5O2S. The van der Waals surface area contributed by atoms with Crippen LogP contribution < -0.4 is 0 Å². The first-order valence-corrected chi connectivity index (χ1v) is 10.1. The molecule has 1 fully saturated rings. The van der Waals surface area contributed by atoms with Gasteiger partial charge in [-0.15, -0.1) is 0 Å². The SMILES string of the molecule is CN(C)S(=O)(=O)N1CCC[C@H]1c1ccnc2ncc(-c3ccc(F)cc3)n12. The molecule has 2 aromatic heterocycles. The average Bonchev–Trinajstić information content (AvgIpc) is 3.29. The highest BCUT2D eigenvalue weighted by Crippen LogP contribution is 2.36. The van der Waals surface area contributed by atoms with Crippen molar-refractivity contribution in [3.05, 3.63) is 54.2 Å². The van der Waals surface area contributed by atoms with Crippen LogP contribution in [0.5, 0.6) is 0 Å². The second-order valence-electron chi connectivity index (χ2n) is 6.71. The summed E-state index contributed by atoms with van der Waals surface area (Å²) in [6, 6.07) is 7.66. The summed E-state index contributed by atoms with van der Waals surface area (Å²) in [6.45, 7) is 0.468. The molecule has 0 bridgehead atoms. The van der Waals surface area contributed by atoms with Crippen LogP contribution >= 0.6 is 0 Å². The van der Waals surface area contributed by atoms with E-state index < -0.39 is 10.2 Å². The van der Waals surface area contributed by atoms with Crippen molar-refractivity contribution in [1.29, 1.82) is 0 Å². The van der Waals surface area contributed by atoms with Gasteiger partial charge in [-0.05, 0) is 43.2 Å². The Kier molecular flexibility index (Phi) is 4.45. The second kappa shape index (κ2) is 6.66. The van der Waals surface area contributed by atoms with E-state index >= 15 is 0 Å². The lowest BCUT2D eigenvalue weighted by atomic mass is 10.1. The highest BCUT2D eigenvalue weighted by atomic mass is 32.2. The Labute approximate surface area is 157 Å². The molecule has 0 aliphatic carbocycles. The first kappa shape index (κ1) is 18.0. The number of halogens is 1. The zero-order chi connectivity index (χ0) is 19.2. The van der Waals surface area contributed by atoms with Gasteiger partial charge < -0.3 is 0 Å². The Bertz CT molecular complexity index is 1080. The minimum Gasteiger partial charge on any atom is -0.279 e. The fraction of sp³-hybridized carbons (Fsp3) is 0.333. The van der Waals surface area contributed by atoms with Gasteiger partial charge in [0, 0.05) is 38.1 Å². The zero-order valence-corrected chi connectivity index (χ0v) is 15.9. The summed E-state index contributed by atoms with van der Waals surface area (Å²) < 4.78 is 43.4. The summed E-state index contributed by atoms with van der Waals surface area (Å²) in [7, 11) is -0.474. The van der Waals surface area contributed by atoms with Gasteiger partial charge in [0.2, 0.25) is 5.78 Å². The molecule has 1 aliphatic rings. The summed E-state index contributed by atoms with van der Waals surface area (Å²) >= 11 is 0. The molecule has 1 saturated heterocycles. The smallest absolute Gasteiger partial charge is 0.279 e. The van der Waals surface area contributed by atoms with E-state index in [4.69, 9.17) is 0 Å². The van der Waals surface area contributed by atoms with E-state index in [9.17, 15) is 12.8 Å². The number of aromatic nitrogens is 3. The molecule has 9 heteroatoms. The molecule has 0 amide bonds. The number of fused-ring (bicyclic) bond motifs is 1. The van der Waals surface area contributed by atoms with Gasteiger partial charge in [-0.1, -0.05) is 0 Å². The Morgan fingerprint density at radius 1 is 1.15 bits per heavy atom. The molecule has 7 nitrogen and oxygen atoms in total. The van der Waals surface area contributed by atoms with Crippen molar-refractivity contribution in [1.82, 2.24) is 23.0 Å². The molecule has 0 N–H and O–H groups in total. The van der Waals surface area contributed by atoms with Gasteiger partial charge in [-0.2, -0.15) is 17.0 Å². The molecule has 3 heterocycles. The largest absolute Gasteiger partial charge is 0.282 e. The quantitative estimate of drug-likeness (QED) is 0.687. The maximum atomic E-state index is 13.3. The summed E-state index contributed by atoms with van der Waals surface area (Å²) in [6.07, 6.45) is 4.82. The van der Waals surface area contributed by atoms with Gasteiger partial charge in [0.15, 0.2) is 0 Å². The molecule has 0 unspecified atom stereocenters. The van der Waals surface area contributed by atoms with Crippen molar-refractivity contribution in [2.75, 3.05) is 20.6 Å². The molecule has 142 valence electrons. The van der Waals surface area contributed by atoms with E-state index in [0.29, 0.717) is 18.7 Å². The van der Waals surface area contributed by atoms with Crippen LogP contribution in [0, 0.1) is 5.82 Å². The Morgan fingerprint density at radius 2 is 1.89 bits per heavy atom. The standard InChI is InChI=1S/C18H20FN5O2S/c1-22(2)27(25,26)23-11-3-4-15(23)16-9-10-20-18-21-12-17(24(16)18)13-5-7-14(19)8-6-13/h5-10,12,15H,3-4,11H2,1-2H3/t15-/m0/s1. The van der Waals surface area contributed by atoms with Crippen LogP contribution in [0.3, 0.4) is 0 Å². The minimum absolute atomic E-state index is 0.309. The van der Waals surface area contributed by atoms with Crippen molar-refractivity contribution < 1.29 is 12.8 Å². The Balaban J connectivity index is 1.87. The van der Waals surface area contributed by atoms with Gasteiger partial charge in [-0.3, -0.25) is 4.40 Å². The van der Waals surface area contributed by atoms with Crippen molar-refractivity contribution in [2.24, 2.45) is 0 Å². The Hall–Kier alpha value is -2.36. The fourth-order valence-corrected chi connectivity index (χ4v) is 4.86. The number of hydrogen-bond acceptors (Lipinski definition) is 4. The lowest BCUT2D eigenvalue weighted by Gasteiger charge is -2.27. The van der Waals surface area contributed by atoms with Gasteiger partial charge >= 0.3 is 0 Å². The monoisotopic (exact) mass is 389 g/mol. The van der Waals surface area contributed by atoms with E-state index in [1.54, 1.807) is 24.5 Å². The average molecular weight is 389 g/mol. The number of nitrogens with zero attached hydrogens (tertiary/aromatic N) is 5. The minimum atomic E-state index is -3.55. The summed E-state index contributed by atoms with van der Waals surface area (Å²) in [5, 5.41) is 0. The fourth-order valence-electron chi connectivity index (χ4n) is 3.55. The van der Waals surface area contributed by atoms with E-state index in [1.165, 1.54) is 34.8 Å². The third-order valence-electron chi connectivity index (χ3n) is 4.88. The van der Waals surface area contributed by atoms with Crippen LogP contribution in [0.15, 0.2) is 42.7 Å². The first-order chi connectivity index (χ1) is 12.9. The Morgan fingerprint density at radius 3 is 2.59 bits per heavy atom. The first-order valence-electron chi connectivity index (χ1n) is 8.67. The van der Waals surface area contributed by atoms with Crippen LogP contribution in [-0.4, -0.2) is 52.0 Å². The van der Waals surface area contributed by atoms with Crippen LogP contribution in [0.2, 0.25) is 0 Å². The number of hydrogen-bond donors (Lipinski definition) is 0. The lowest BCUT2D eigenvalue weighted by Crippen LogP contribution is -2.40. The molecule has 0 radical (unpaired) electrons. The normalized spacial score (nSPS) is 18.6. The molecular weight excluding hydrogens is 369 g/mol. The van der Waals surface area contributed by atoms with Crippen LogP contribution in [0.4, 0.5) is 4.39 Å². The van der Waals surface area contributed by atoms with E-state index in [2.05, 4.69) is 9.97 Å². The van der Waals surface area contributed by atoms with Crippen LogP contribution in [-0.2, 0) is 10.2 Å². The number of benzene rings is 1. The summed E-state index contributed by atoms with van der Waals surface area (Å²) in [5.41, 5.74) is 2.35. The van der Waals surface area contributed by atoms with Gasteiger partial charge in [0.25, 0.3) is 10.2 Å². The summed E-state index contributed by atoms with van der Waals surface area (Å²) in [4.78, 5) is 8.65. The van der Waals surface area contributed by atoms with Crippen molar-refractivity contribution in [3.63, 3.8) is 0 Å². The molecule has 4 rings (SSSR count). The molecule has 0 saturated carbocycles. The predicted octanol–water partition coefficient (Wildman–Crippen LogP) is 2.48. The zero-order valence-electron chi connectivity index (χ0n) is 15.1. The van der Waals surface area contributed by atoms with Crippen molar-refractivity contribution in [3.8, 4) is 11.3 Å². The second-order valence-corrected chi connectivity index (χ2v) is 8.81. The topological polar surface area (TPSA) is 70.8 Å². The van der Waals surface area contributed by atoms with Crippen molar-refractivity contribution in [2.45, 2.75) is 18.9 Å². The molecule has 1 atom stereocenters. The molecule has 0 spiro atoms. The third kappa shape index (κ3) is 3.01. The van der Waals surface area contributed by atoms with Gasteiger partial charge in [-0.25, -0.2) is 14.4 Å². The molecule has 1 aromatic carbocycles. The van der Waals surface area contributed by atoms with Crippen LogP contribution in [0.1, 0.15) is 24.6 Å². The van der Waals surface area contributed by atoms with Gasteiger partial charge in [0.05, 0.1) is 17.9 Å². The maximum absolute atomic E-state index is 13.3. The summed E-state index contributed by atoms with van der Waals surface area (Å²) in [5.74, 6) is 0.172. The molecule has 27 heavy (non-hydrogen) atoms. The van der Waals surface area contributed by atoms with Gasteiger partial charge in [0.1, 0.15) is 5.82 Å². The van der Waals surface area contributed by atoms with E-state index in [-0.39, 0.29) is 11.9 Å². The number of rotatable bonds is 4. The predicted molar refractivity (Wildman–Crippen MR) is 99.7 cm³/mol. The lowest BCUT2D eigenvalue weighted by molar-refractivity contribution is 0.356. The molecule has 1 aliphatic heterocycles. The van der Waals surface area contributed by atoms with Crippen molar-refractivity contribution >= 4 is 16.0 Å². The maximum Gasteiger partial charge on any atom is 0.282 e. The number of imidazole rings is 1. The van der Waals surface area contributed by atoms with E-state index in [1.807, 2.05) is 10.5 Å².